The molecule has 4 rings (SSSR count). The van der Waals surface area contributed by atoms with Gasteiger partial charge in [-0.05, 0) is 49.1 Å². The molecule has 1 aliphatic heterocycles. The fraction of sp³-hybridized carbons (Fsp3) is 0.261. The first kappa shape index (κ1) is 23.7. The number of hydrogen-bond acceptors (Lipinski definition) is 8. The number of hydrogen-bond donors (Lipinski definition) is 2. The zero-order chi connectivity index (χ0) is 24.4. The van der Waals surface area contributed by atoms with Crippen molar-refractivity contribution in [3.8, 4) is 0 Å². The first-order valence-electron chi connectivity index (χ1n) is 10.4. The van der Waals surface area contributed by atoms with E-state index in [2.05, 4.69) is 5.32 Å². The van der Waals surface area contributed by atoms with Crippen LogP contribution in [-0.2, 0) is 36.8 Å². The van der Waals surface area contributed by atoms with Crippen molar-refractivity contribution >= 4 is 63.4 Å². The number of benzene rings is 1. The largest absolute Gasteiger partial charge is 0.478 e. The molecular weight excluding hydrogens is 480 g/mol. The highest BCUT2D eigenvalue weighted by Crippen LogP contribution is 2.44. The Balaban J connectivity index is 1.48. The zero-order valence-corrected chi connectivity index (χ0v) is 19.7. The van der Waals surface area contributed by atoms with Gasteiger partial charge in [-0.15, -0.1) is 23.1 Å². The van der Waals surface area contributed by atoms with Crippen molar-refractivity contribution in [1.29, 1.82) is 0 Å². The van der Waals surface area contributed by atoms with E-state index < -0.39 is 23.1 Å². The summed E-state index contributed by atoms with van der Waals surface area (Å²) in [6.45, 7) is 0. The van der Waals surface area contributed by atoms with E-state index in [0.29, 0.717) is 21.1 Å². The Kier molecular flexibility index (Phi) is 6.85. The molecule has 34 heavy (non-hydrogen) atoms. The first-order valence-corrected chi connectivity index (χ1v) is 12.1. The molecule has 2 aliphatic rings. The maximum atomic E-state index is 13.2. The molecular formula is C23H20N2O7S2. The number of rotatable bonds is 7. The van der Waals surface area contributed by atoms with Crippen LogP contribution < -0.4 is 10.2 Å². The number of aryl methyl sites for hydroxylation is 1. The van der Waals surface area contributed by atoms with E-state index in [1.165, 1.54) is 30.2 Å². The Hall–Kier alpha value is -3.44. The Bertz CT molecular complexity index is 1220. The fourth-order valence-corrected chi connectivity index (χ4v) is 6.33. The number of thiophene rings is 1. The summed E-state index contributed by atoms with van der Waals surface area (Å²) in [6.07, 6.45) is 4.11. The predicted octanol–water partition coefficient (Wildman–Crippen LogP) is 3.03. The van der Waals surface area contributed by atoms with Crippen LogP contribution in [-0.4, -0.2) is 47.1 Å². The number of nitrogens with one attached hydrogen (secondary N) is 1. The van der Waals surface area contributed by atoms with Crippen molar-refractivity contribution in [3.05, 3.63) is 52.4 Å². The topological polar surface area (TPSA) is 130 Å². The fourth-order valence-electron chi connectivity index (χ4n) is 3.88. The predicted molar refractivity (Wildman–Crippen MR) is 126 cm³/mol. The summed E-state index contributed by atoms with van der Waals surface area (Å²) in [4.78, 5) is 63.5. The highest BCUT2D eigenvalue weighted by Gasteiger charge is 2.44. The van der Waals surface area contributed by atoms with Crippen LogP contribution in [0, 0.1) is 0 Å². The number of fused-ring (bicyclic) bond motifs is 1. The van der Waals surface area contributed by atoms with E-state index in [9.17, 15) is 24.0 Å². The van der Waals surface area contributed by atoms with Gasteiger partial charge >= 0.3 is 11.9 Å². The number of anilines is 2. The summed E-state index contributed by atoms with van der Waals surface area (Å²) in [5.74, 6) is -3.09. The maximum Gasteiger partial charge on any atom is 0.341 e. The van der Waals surface area contributed by atoms with Gasteiger partial charge in [0.2, 0.25) is 17.7 Å². The lowest BCUT2D eigenvalue weighted by Crippen LogP contribution is -2.31. The molecule has 2 N–H and O–H groups in total. The number of esters is 1. The van der Waals surface area contributed by atoms with Crippen LogP contribution in [0.3, 0.4) is 0 Å². The quantitative estimate of drug-likeness (QED) is 0.337. The van der Waals surface area contributed by atoms with Crippen LogP contribution in [0.2, 0.25) is 0 Å². The molecule has 2 aromatic rings. The number of carboxylic acids is 1. The number of carbonyl (C=O) groups excluding carboxylic acids is 4. The summed E-state index contributed by atoms with van der Waals surface area (Å²) < 4.78 is 4.93. The van der Waals surface area contributed by atoms with Gasteiger partial charge in [0.25, 0.3) is 0 Å². The van der Waals surface area contributed by atoms with E-state index in [0.717, 1.165) is 46.8 Å². The molecule has 11 heteroatoms. The minimum atomic E-state index is -1.22. The van der Waals surface area contributed by atoms with Gasteiger partial charge in [0.15, 0.2) is 0 Å². The molecule has 0 saturated carbocycles. The SMILES string of the molecule is COC(=O)c1c(N2C(=O)CC(Sc3ccc(NC(=O)/C=C/C(=O)O)cc3)C2=O)sc2c1CCC2. The summed E-state index contributed by atoms with van der Waals surface area (Å²) in [7, 11) is 1.28. The summed E-state index contributed by atoms with van der Waals surface area (Å²) in [5.41, 5.74) is 1.65. The molecule has 1 atom stereocenters. The maximum absolute atomic E-state index is 13.2. The molecule has 0 bridgehead atoms. The monoisotopic (exact) mass is 500 g/mol. The van der Waals surface area contributed by atoms with Crippen molar-refractivity contribution in [2.75, 3.05) is 17.3 Å². The van der Waals surface area contributed by atoms with E-state index in [1.54, 1.807) is 24.3 Å². The Morgan fingerprint density at radius 1 is 1.18 bits per heavy atom. The van der Waals surface area contributed by atoms with Gasteiger partial charge in [-0.1, -0.05) is 0 Å². The molecule has 1 aliphatic carbocycles. The second-order valence-corrected chi connectivity index (χ2v) is 9.95. The highest BCUT2D eigenvalue weighted by molar-refractivity contribution is 8.00. The molecule has 0 radical (unpaired) electrons. The van der Waals surface area contributed by atoms with Crippen molar-refractivity contribution in [2.24, 2.45) is 0 Å². The average Bonchev–Trinajstić information content (AvgIpc) is 3.46. The molecule has 2 heterocycles. The Labute approximate surface area is 202 Å². The van der Waals surface area contributed by atoms with Gasteiger partial charge in [0.1, 0.15) is 5.00 Å². The summed E-state index contributed by atoms with van der Waals surface area (Å²) in [5, 5.41) is 10.8. The van der Waals surface area contributed by atoms with Crippen molar-refractivity contribution in [2.45, 2.75) is 35.8 Å². The number of carboxylic acid groups (broad SMARTS) is 1. The number of methoxy groups -OCH3 is 1. The molecule has 1 aromatic heterocycles. The standard InChI is InChI=1S/C23H20N2O7S2/c1-32-23(31)20-14-3-2-4-15(14)34-22(20)25-18(27)11-16(21(25)30)33-13-7-5-12(6-8-13)24-17(26)9-10-19(28)29/h5-10,16H,2-4,11H2,1H3,(H,24,26)(H,28,29)/b10-9+. The van der Waals surface area contributed by atoms with Crippen LogP contribution >= 0.6 is 23.1 Å². The summed E-state index contributed by atoms with van der Waals surface area (Å²) >= 11 is 2.54. The van der Waals surface area contributed by atoms with Crippen LogP contribution in [0.4, 0.5) is 10.7 Å². The van der Waals surface area contributed by atoms with E-state index >= 15 is 0 Å². The number of aliphatic carboxylic acids is 1. The molecule has 1 saturated heterocycles. The Morgan fingerprint density at radius 2 is 1.91 bits per heavy atom. The molecule has 0 spiro atoms. The third-order valence-electron chi connectivity index (χ3n) is 5.38. The zero-order valence-electron chi connectivity index (χ0n) is 18.0. The number of nitrogens with zero attached hydrogens (tertiary/aromatic N) is 1. The molecule has 9 nitrogen and oxygen atoms in total. The van der Waals surface area contributed by atoms with E-state index in [4.69, 9.17) is 9.84 Å². The van der Waals surface area contributed by atoms with E-state index in [-0.39, 0.29) is 18.2 Å². The van der Waals surface area contributed by atoms with Gasteiger partial charge in [0, 0.05) is 34.0 Å². The average molecular weight is 501 g/mol. The minimum Gasteiger partial charge on any atom is -0.478 e. The third-order valence-corrected chi connectivity index (χ3v) is 7.85. The van der Waals surface area contributed by atoms with E-state index in [1.807, 2.05) is 0 Å². The number of imide groups is 1. The van der Waals surface area contributed by atoms with Gasteiger partial charge in [-0.2, -0.15) is 0 Å². The van der Waals surface area contributed by atoms with Crippen LogP contribution in [0.15, 0.2) is 41.3 Å². The Morgan fingerprint density at radius 3 is 2.59 bits per heavy atom. The normalized spacial score (nSPS) is 17.3. The van der Waals surface area contributed by atoms with Gasteiger partial charge < -0.3 is 15.2 Å². The molecule has 1 fully saturated rings. The van der Waals surface area contributed by atoms with Crippen molar-refractivity contribution in [1.82, 2.24) is 0 Å². The van der Waals surface area contributed by atoms with Crippen LogP contribution in [0.5, 0.6) is 0 Å². The summed E-state index contributed by atoms with van der Waals surface area (Å²) in [6, 6.07) is 6.63. The number of amides is 3. The van der Waals surface area contributed by atoms with Gasteiger partial charge in [-0.25, -0.2) is 14.5 Å². The molecule has 1 unspecified atom stereocenters. The highest BCUT2D eigenvalue weighted by atomic mass is 32.2. The van der Waals surface area contributed by atoms with Crippen molar-refractivity contribution < 1.29 is 33.8 Å². The second-order valence-electron chi connectivity index (χ2n) is 7.59. The third kappa shape index (κ3) is 4.75. The number of ether oxygens (including phenoxy) is 1. The smallest absolute Gasteiger partial charge is 0.341 e. The lowest BCUT2D eigenvalue weighted by Gasteiger charge is -2.15. The first-order chi connectivity index (χ1) is 16.3. The molecule has 176 valence electrons. The molecule has 1 aromatic carbocycles. The number of thioether (sulfide) groups is 1. The van der Waals surface area contributed by atoms with Gasteiger partial charge in [0.05, 0.1) is 17.9 Å². The van der Waals surface area contributed by atoms with Crippen molar-refractivity contribution in [3.63, 3.8) is 0 Å². The van der Waals surface area contributed by atoms with Crippen LogP contribution in [0.1, 0.15) is 33.6 Å². The lowest BCUT2D eigenvalue weighted by molar-refractivity contribution is -0.131. The molecule has 3 amide bonds. The van der Waals surface area contributed by atoms with Gasteiger partial charge in [-0.3, -0.25) is 14.4 Å². The lowest BCUT2D eigenvalue weighted by atomic mass is 10.1. The van der Waals surface area contributed by atoms with Crippen LogP contribution in [0.25, 0.3) is 0 Å². The second kappa shape index (κ2) is 9.82. The number of carbonyl (C=O) groups is 5. The minimum absolute atomic E-state index is 0.00511.